The number of hydrogen-bond acceptors (Lipinski definition) is 4. The Morgan fingerprint density at radius 2 is 1.87 bits per heavy atom. The lowest BCUT2D eigenvalue weighted by Gasteiger charge is -2.12. The number of methoxy groups -OCH3 is 1. The summed E-state index contributed by atoms with van der Waals surface area (Å²) in [4.78, 5) is 4.33. The van der Waals surface area contributed by atoms with Gasteiger partial charge in [-0.05, 0) is 31.2 Å². The minimum Gasteiger partial charge on any atom is -0.497 e. The summed E-state index contributed by atoms with van der Waals surface area (Å²) in [5, 5.41) is 13.6. The molecule has 1 heterocycles. The summed E-state index contributed by atoms with van der Waals surface area (Å²) in [6.45, 7) is 2.04. The molecule has 4 nitrogen and oxygen atoms in total. The summed E-state index contributed by atoms with van der Waals surface area (Å²) in [7, 11) is 1.62. The number of hydrogen-bond donors (Lipinski definition) is 1. The van der Waals surface area contributed by atoms with E-state index in [1.165, 1.54) is 5.56 Å². The molecule has 0 amide bonds. The van der Waals surface area contributed by atoms with E-state index in [0.717, 1.165) is 28.0 Å². The van der Waals surface area contributed by atoms with Gasteiger partial charge < -0.3 is 10.1 Å². The van der Waals surface area contributed by atoms with Gasteiger partial charge in [0.25, 0.3) is 0 Å². The number of anilines is 2. The Morgan fingerprint density at radius 3 is 2.52 bits per heavy atom. The summed E-state index contributed by atoms with van der Waals surface area (Å²) in [5.74, 6) is 0.742. The molecule has 116 valence electrons. The molecule has 1 aromatic heterocycles. The molecule has 0 atom stereocenters. The van der Waals surface area contributed by atoms with Crippen LogP contribution in [0.3, 0.4) is 0 Å². The lowest BCUT2D eigenvalue weighted by Crippen LogP contribution is -1.97. The van der Waals surface area contributed by atoms with E-state index in [4.69, 9.17) is 4.74 Å². The largest absolute Gasteiger partial charge is 0.497 e. The molecule has 3 rings (SSSR count). The summed E-state index contributed by atoms with van der Waals surface area (Å²) in [5.41, 5.74) is 4.19. The van der Waals surface area contributed by atoms with Gasteiger partial charge in [0.15, 0.2) is 0 Å². The number of rotatable bonds is 3. The third-order valence-electron chi connectivity index (χ3n) is 3.52. The molecule has 0 fully saturated rings. The molecule has 0 aliphatic rings. The van der Waals surface area contributed by atoms with Crippen molar-refractivity contribution in [3.05, 3.63) is 59.8 Å². The second-order valence-corrected chi connectivity index (χ2v) is 5.03. The second kappa shape index (κ2) is 6.99. The number of aryl methyl sites for hydroxylation is 1. The fraction of sp³-hybridized carbons (Fsp3) is 0.111. The Kier molecular flexibility index (Phi) is 5.05. The molecule has 5 heteroatoms. The zero-order chi connectivity index (χ0) is 15.5. The van der Waals surface area contributed by atoms with Crippen molar-refractivity contribution in [2.24, 2.45) is 0 Å². The van der Waals surface area contributed by atoms with Crippen molar-refractivity contribution < 1.29 is 4.74 Å². The van der Waals surface area contributed by atoms with Gasteiger partial charge >= 0.3 is 0 Å². The molecule has 23 heavy (non-hydrogen) atoms. The van der Waals surface area contributed by atoms with Gasteiger partial charge in [-0.25, -0.2) is 0 Å². The molecule has 0 bridgehead atoms. The van der Waals surface area contributed by atoms with Gasteiger partial charge in [-0.3, -0.25) is 4.98 Å². The molecule has 0 saturated heterocycles. The number of pyridine rings is 1. The van der Waals surface area contributed by atoms with Crippen LogP contribution in [0.25, 0.3) is 10.9 Å². The van der Waals surface area contributed by atoms with E-state index in [2.05, 4.69) is 16.4 Å². The molecule has 1 N–H and O–H groups in total. The molecular formula is C18H16ClN3O. The maximum Gasteiger partial charge on any atom is 0.121 e. The van der Waals surface area contributed by atoms with E-state index in [0.29, 0.717) is 5.56 Å². The van der Waals surface area contributed by atoms with E-state index in [1.54, 1.807) is 13.3 Å². The van der Waals surface area contributed by atoms with Crippen LogP contribution in [0.1, 0.15) is 11.1 Å². The number of fused-ring (bicyclic) bond motifs is 1. The number of nitriles is 1. The zero-order valence-corrected chi connectivity index (χ0v) is 13.6. The summed E-state index contributed by atoms with van der Waals surface area (Å²) in [6, 6.07) is 15.9. The molecule has 2 aromatic carbocycles. The SMILES string of the molecule is COc1ccc2c(Nc3ccc(C)cc3)c(C#N)cnc2c1.Cl. The normalized spacial score (nSPS) is 9.78. The number of ether oxygens (including phenoxy) is 1. The van der Waals surface area contributed by atoms with Crippen LogP contribution in [0, 0.1) is 18.3 Å². The highest BCUT2D eigenvalue weighted by atomic mass is 35.5. The second-order valence-electron chi connectivity index (χ2n) is 5.03. The van der Waals surface area contributed by atoms with Crippen LogP contribution in [-0.4, -0.2) is 12.1 Å². The number of nitrogens with zero attached hydrogens (tertiary/aromatic N) is 2. The first-order valence-corrected chi connectivity index (χ1v) is 6.92. The Hall–Kier alpha value is -2.77. The Morgan fingerprint density at radius 1 is 1.13 bits per heavy atom. The first-order valence-electron chi connectivity index (χ1n) is 6.92. The van der Waals surface area contributed by atoms with Crippen molar-refractivity contribution in [1.82, 2.24) is 4.98 Å². The van der Waals surface area contributed by atoms with Crippen molar-refractivity contribution in [2.75, 3.05) is 12.4 Å². The van der Waals surface area contributed by atoms with Crippen molar-refractivity contribution >= 4 is 34.7 Å². The predicted octanol–water partition coefficient (Wildman–Crippen LogP) is 4.59. The molecule has 3 aromatic rings. The van der Waals surface area contributed by atoms with Crippen LogP contribution >= 0.6 is 12.4 Å². The quantitative estimate of drug-likeness (QED) is 0.765. The minimum atomic E-state index is 0. The van der Waals surface area contributed by atoms with Gasteiger partial charge in [0.1, 0.15) is 11.8 Å². The molecule has 0 aliphatic carbocycles. The highest BCUT2D eigenvalue weighted by Gasteiger charge is 2.10. The van der Waals surface area contributed by atoms with Crippen LogP contribution in [0.15, 0.2) is 48.7 Å². The number of nitrogens with one attached hydrogen (secondary N) is 1. The maximum atomic E-state index is 9.35. The standard InChI is InChI=1S/C18H15N3O.ClH/c1-12-3-5-14(6-4-12)21-18-13(10-19)11-20-17-9-15(22-2)7-8-16(17)18;/h3-9,11H,1-2H3,(H,20,21);1H. The fourth-order valence-corrected chi connectivity index (χ4v) is 2.30. The Labute approximate surface area is 141 Å². The molecule has 0 spiro atoms. The minimum absolute atomic E-state index is 0. The van der Waals surface area contributed by atoms with Crippen LogP contribution in [0.4, 0.5) is 11.4 Å². The average Bonchev–Trinajstić information content (AvgIpc) is 2.56. The Bertz CT molecular complexity index is 870. The van der Waals surface area contributed by atoms with E-state index >= 15 is 0 Å². The van der Waals surface area contributed by atoms with Crippen LogP contribution in [0.5, 0.6) is 5.75 Å². The third-order valence-corrected chi connectivity index (χ3v) is 3.52. The first kappa shape index (κ1) is 16.6. The van der Waals surface area contributed by atoms with Crippen molar-refractivity contribution in [1.29, 1.82) is 5.26 Å². The fourth-order valence-electron chi connectivity index (χ4n) is 2.30. The summed E-state index contributed by atoms with van der Waals surface area (Å²) in [6.07, 6.45) is 1.58. The lowest BCUT2D eigenvalue weighted by molar-refractivity contribution is 0.415. The van der Waals surface area contributed by atoms with Gasteiger partial charge in [0.2, 0.25) is 0 Å². The van der Waals surface area contributed by atoms with Crippen molar-refractivity contribution in [2.45, 2.75) is 6.92 Å². The number of benzene rings is 2. The third kappa shape index (κ3) is 3.36. The Balaban J connectivity index is 0.00000192. The van der Waals surface area contributed by atoms with Gasteiger partial charge in [-0.15, -0.1) is 12.4 Å². The summed E-state index contributed by atoms with van der Waals surface area (Å²) < 4.78 is 5.22. The number of aromatic nitrogens is 1. The van der Waals surface area contributed by atoms with E-state index in [9.17, 15) is 5.26 Å². The summed E-state index contributed by atoms with van der Waals surface area (Å²) >= 11 is 0. The molecule has 0 radical (unpaired) electrons. The molecule has 0 aliphatic heterocycles. The smallest absolute Gasteiger partial charge is 0.121 e. The van der Waals surface area contributed by atoms with E-state index < -0.39 is 0 Å². The molecule has 0 saturated carbocycles. The van der Waals surface area contributed by atoms with Gasteiger partial charge in [-0.2, -0.15) is 5.26 Å². The van der Waals surface area contributed by atoms with Gasteiger partial charge in [-0.1, -0.05) is 17.7 Å². The van der Waals surface area contributed by atoms with Crippen LogP contribution in [-0.2, 0) is 0 Å². The van der Waals surface area contributed by atoms with E-state index in [1.807, 2.05) is 49.4 Å². The van der Waals surface area contributed by atoms with Crippen molar-refractivity contribution in [3.8, 4) is 11.8 Å². The average molecular weight is 326 g/mol. The predicted molar refractivity (Wildman–Crippen MR) is 94.7 cm³/mol. The van der Waals surface area contributed by atoms with Crippen molar-refractivity contribution in [3.63, 3.8) is 0 Å². The van der Waals surface area contributed by atoms with Gasteiger partial charge in [0.05, 0.1) is 23.9 Å². The first-order chi connectivity index (χ1) is 10.7. The molecule has 0 unspecified atom stereocenters. The van der Waals surface area contributed by atoms with E-state index in [-0.39, 0.29) is 12.4 Å². The van der Waals surface area contributed by atoms with Crippen LogP contribution < -0.4 is 10.1 Å². The highest BCUT2D eigenvalue weighted by molar-refractivity contribution is 5.96. The molecular weight excluding hydrogens is 310 g/mol. The number of halogens is 1. The highest BCUT2D eigenvalue weighted by Crippen LogP contribution is 2.30. The zero-order valence-electron chi connectivity index (χ0n) is 12.8. The lowest BCUT2D eigenvalue weighted by atomic mass is 10.1. The van der Waals surface area contributed by atoms with Gasteiger partial charge in [0, 0.05) is 23.3 Å². The maximum absolute atomic E-state index is 9.35. The topological polar surface area (TPSA) is 57.9 Å². The monoisotopic (exact) mass is 325 g/mol. The van der Waals surface area contributed by atoms with Crippen LogP contribution in [0.2, 0.25) is 0 Å².